The molecule has 0 heterocycles. The van der Waals surface area contributed by atoms with Crippen molar-refractivity contribution >= 4 is 11.6 Å². The molecular weight excluding hydrogens is 248 g/mol. The molecule has 20 heavy (non-hydrogen) atoms. The number of aryl methyl sites for hydroxylation is 3. The van der Waals surface area contributed by atoms with Crippen LogP contribution in [0.2, 0.25) is 0 Å². The van der Waals surface area contributed by atoms with Gasteiger partial charge in [-0.05, 0) is 37.5 Å². The fourth-order valence-electron chi connectivity index (χ4n) is 2.14. The number of rotatable bonds is 3. The monoisotopic (exact) mass is 268 g/mol. The molecule has 104 valence electrons. The number of nitrogens with two attached hydrogens (primary N) is 1. The van der Waals surface area contributed by atoms with Crippen LogP contribution >= 0.6 is 0 Å². The van der Waals surface area contributed by atoms with Gasteiger partial charge in [-0.1, -0.05) is 48.0 Å². The molecule has 3 N–H and O–H groups in total. The fraction of sp³-hybridized carbons (Fsp3) is 0.235. The van der Waals surface area contributed by atoms with E-state index in [2.05, 4.69) is 5.32 Å². The van der Waals surface area contributed by atoms with Gasteiger partial charge >= 0.3 is 0 Å². The Hall–Kier alpha value is -2.13. The van der Waals surface area contributed by atoms with Crippen LogP contribution in [-0.2, 0) is 4.79 Å². The van der Waals surface area contributed by atoms with Crippen molar-refractivity contribution in [1.82, 2.24) is 0 Å². The topological polar surface area (TPSA) is 55.1 Å². The second kappa shape index (κ2) is 5.88. The number of hydrogen-bond donors (Lipinski definition) is 2. The molecule has 0 fully saturated rings. The Morgan fingerprint density at radius 3 is 2.10 bits per heavy atom. The predicted molar refractivity (Wildman–Crippen MR) is 82.7 cm³/mol. The fourth-order valence-corrected chi connectivity index (χ4v) is 2.14. The van der Waals surface area contributed by atoms with E-state index in [1.807, 2.05) is 63.2 Å². The highest BCUT2D eigenvalue weighted by Crippen LogP contribution is 2.21. The lowest BCUT2D eigenvalue weighted by molar-refractivity contribution is -0.117. The Bertz CT molecular complexity index is 597. The van der Waals surface area contributed by atoms with E-state index >= 15 is 0 Å². The largest absolute Gasteiger partial charge is 0.324 e. The molecule has 1 atom stereocenters. The zero-order chi connectivity index (χ0) is 14.7. The van der Waals surface area contributed by atoms with Gasteiger partial charge in [-0.15, -0.1) is 0 Å². The van der Waals surface area contributed by atoms with Crippen molar-refractivity contribution in [3.8, 4) is 0 Å². The highest BCUT2D eigenvalue weighted by molar-refractivity contribution is 5.96. The van der Waals surface area contributed by atoms with Crippen molar-refractivity contribution in [2.45, 2.75) is 26.8 Å². The van der Waals surface area contributed by atoms with E-state index < -0.39 is 6.04 Å². The summed E-state index contributed by atoms with van der Waals surface area (Å²) in [6.07, 6.45) is 0. The second-order valence-corrected chi connectivity index (χ2v) is 5.14. The minimum Gasteiger partial charge on any atom is -0.324 e. The summed E-state index contributed by atoms with van der Waals surface area (Å²) in [5, 5.41) is 2.93. The van der Waals surface area contributed by atoms with Gasteiger partial charge in [0.1, 0.15) is 6.04 Å². The minimum absolute atomic E-state index is 0.189. The summed E-state index contributed by atoms with van der Waals surface area (Å²) < 4.78 is 0. The van der Waals surface area contributed by atoms with E-state index in [0.29, 0.717) is 0 Å². The van der Waals surface area contributed by atoms with Crippen LogP contribution in [0.5, 0.6) is 0 Å². The van der Waals surface area contributed by atoms with Gasteiger partial charge in [0.25, 0.3) is 0 Å². The average molecular weight is 268 g/mol. The quantitative estimate of drug-likeness (QED) is 0.897. The van der Waals surface area contributed by atoms with Gasteiger partial charge in [0, 0.05) is 5.69 Å². The third kappa shape index (κ3) is 3.06. The summed E-state index contributed by atoms with van der Waals surface area (Å²) >= 11 is 0. The molecule has 0 saturated heterocycles. The van der Waals surface area contributed by atoms with Crippen molar-refractivity contribution in [1.29, 1.82) is 0 Å². The summed E-state index contributed by atoms with van der Waals surface area (Å²) in [4.78, 5) is 12.3. The van der Waals surface area contributed by atoms with Gasteiger partial charge in [-0.25, -0.2) is 0 Å². The van der Waals surface area contributed by atoms with E-state index in [-0.39, 0.29) is 5.91 Å². The van der Waals surface area contributed by atoms with Gasteiger partial charge in [0.05, 0.1) is 0 Å². The third-order valence-corrected chi connectivity index (χ3v) is 3.45. The summed E-state index contributed by atoms with van der Waals surface area (Å²) in [6, 6.07) is 13.0. The Kier molecular flexibility index (Phi) is 4.20. The molecule has 1 unspecified atom stereocenters. The Balaban J connectivity index is 2.18. The maximum atomic E-state index is 12.3. The first-order valence-corrected chi connectivity index (χ1v) is 6.68. The van der Waals surface area contributed by atoms with Crippen LogP contribution in [0.1, 0.15) is 28.3 Å². The van der Waals surface area contributed by atoms with Gasteiger partial charge in [0.15, 0.2) is 0 Å². The van der Waals surface area contributed by atoms with Gasteiger partial charge in [-0.3, -0.25) is 4.79 Å². The van der Waals surface area contributed by atoms with Crippen LogP contribution in [0, 0.1) is 20.8 Å². The van der Waals surface area contributed by atoms with Crippen LogP contribution < -0.4 is 11.1 Å². The zero-order valence-corrected chi connectivity index (χ0v) is 12.1. The number of anilines is 1. The molecular formula is C17H20N2O. The highest BCUT2D eigenvalue weighted by atomic mass is 16.2. The molecule has 0 aromatic heterocycles. The van der Waals surface area contributed by atoms with Crippen LogP contribution in [0.25, 0.3) is 0 Å². The van der Waals surface area contributed by atoms with E-state index in [4.69, 9.17) is 5.73 Å². The number of carbonyl (C=O) groups excluding carboxylic acids is 1. The highest BCUT2D eigenvalue weighted by Gasteiger charge is 2.17. The predicted octanol–water partition coefficient (Wildman–Crippen LogP) is 3.25. The molecule has 0 aliphatic heterocycles. The summed E-state index contributed by atoms with van der Waals surface area (Å²) in [7, 11) is 0. The number of nitrogens with one attached hydrogen (secondary N) is 1. The summed E-state index contributed by atoms with van der Waals surface area (Å²) in [5.74, 6) is -0.189. The number of carbonyl (C=O) groups is 1. The normalized spacial score (nSPS) is 12.0. The van der Waals surface area contributed by atoms with E-state index in [1.54, 1.807) is 0 Å². The molecule has 3 heteroatoms. The molecule has 0 aliphatic rings. The number of benzene rings is 2. The van der Waals surface area contributed by atoms with Gasteiger partial charge in [0.2, 0.25) is 5.91 Å². The molecule has 3 nitrogen and oxygen atoms in total. The SMILES string of the molecule is Cc1ccc(C(N)C(=O)Nc2c(C)cccc2C)cc1. The summed E-state index contributed by atoms with van der Waals surface area (Å²) in [5.41, 5.74) is 10.9. The molecule has 0 aliphatic carbocycles. The first-order chi connectivity index (χ1) is 9.49. The maximum absolute atomic E-state index is 12.3. The first-order valence-electron chi connectivity index (χ1n) is 6.68. The van der Waals surface area contributed by atoms with Crippen molar-refractivity contribution in [3.63, 3.8) is 0 Å². The molecule has 1 amide bonds. The molecule has 2 aromatic carbocycles. The van der Waals surface area contributed by atoms with E-state index in [1.165, 1.54) is 0 Å². The number of para-hydroxylation sites is 1. The van der Waals surface area contributed by atoms with Gasteiger partial charge in [-0.2, -0.15) is 0 Å². The molecule has 2 aromatic rings. The van der Waals surface area contributed by atoms with Crippen molar-refractivity contribution < 1.29 is 4.79 Å². The minimum atomic E-state index is -0.658. The van der Waals surface area contributed by atoms with Crippen LogP contribution in [0.15, 0.2) is 42.5 Å². The number of amides is 1. The Morgan fingerprint density at radius 1 is 1.00 bits per heavy atom. The standard InChI is InChI=1S/C17H20N2O/c1-11-7-9-14(10-8-11)15(18)17(20)19-16-12(2)5-4-6-13(16)3/h4-10,15H,18H2,1-3H3,(H,19,20). The molecule has 0 radical (unpaired) electrons. The van der Waals surface area contributed by atoms with Crippen LogP contribution in [0.4, 0.5) is 5.69 Å². The smallest absolute Gasteiger partial charge is 0.245 e. The van der Waals surface area contributed by atoms with Gasteiger partial charge < -0.3 is 11.1 Å². The van der Waals surface area contributed by atoms with Crippen molar-refractivity contribution in [2.24, 2.45) is 5.73 Å². The lowest BCUT2D eigenvalue weighted by Gasteiger charge is -2.16. The second-order valence-electron chi connectivity index (χ2n) is 5.14. The van der Waals surface area contributed by atoms with Crippen molar-refractivity contribution in [3.05, 3.63) is 64.7 Å². The van der Waals surface area contributed by atoms with E-state index in [9.17, 15) is 4.79 Å². The first kappa shape index (κ1) is 14.3. The van der Waals surface area contributed by atoms with Crippen LogP contribution in [-0.4, -0.2) is 5.91 Å². The lowest BCUT2D eigenvalue weighted by atomic mass is 10.0. The third-order valence-electron chi connectivity index (χ3n) is 3.45. The average Bonchev–Trinajstić information content (AvgIpc) is 2.43. The van der Waals surface area contributed by atoms with E-state index in [0.717, 1.165) is 27.9 Å². The van der Waals surface area contributed by atoms with Crippen LogP contribution in [0.3, 0.4) is 0 Å². The maximum Gasteiger partial charge on any atom is 0.245 e. The van der Waals surface area contributed by atoms with Crippen molar-refractivity contribution in [2.75, 3.05) is 5.32 Å². The Labute approximate surface area is 119 Å². The lowest BCUT2D eigenvalue weighted by Crippen LogP contribution is -2.28. The number of hydrogen-bond acceptors (Lipinski definition) is 2. The zero-order valence-electron chi connectivity index (χ0n) is 12.1. The molecule has 0 bridgehead atoms. The molecule has 0 saturated carbocycles. The Morgan fingerprint density at radius 2 is 1.55 bits per heavy atom. The molecule has 0 spiro atoms. The summed E-state index contributed by atoms with van der Waals surface area (Å²) in [6.45, 7) is 5.95. The molecule has 2 rings (SSSR count).